The SMILES string of the molecule is CNC(=O)CN(C)Cc1cc(OC)ccc1C=CC(=O)O. The maximum Gasteiger partial charge on any atom is 0.328 e. The van der Waals surface area contributed by atoms with Crippen molar-refractivity contribution < 1.29 is 19.4 Å². The smallest absolute Gasteiger partial charge is 0.328 e. The number of carbonyl (C=O) groups is 2. The van der Waals surface area contributed by atoms with Gasteiger partial charge in [-0.15, -0.1) is 0 Å². The Hall–Kier alpha value is -2.34. The fourth-order valence-corrected chi connectivity index (χ4v) is 1.84. The lowest BCUT2D eigenvalue weighted by Crippen LogP contribution is -2.32. The van der Waals surface area contributed by atoms with Gasteiger partial charge >= 0.3 is 5.97 Å². The van der Waals surface area contributed by atoms with Crippen LogP contribution in [0.25, 0.3) is 6.08 Å². The Morgan fingerprint density at radius 1 is 1.43 bits per heavy atom. The van der Waals surface area contributed by atoms with Gasteiger partial charge in [0, 0.05) is 19.7 Å². The quantitative estimate of drug-likeness (QED) is 0.732. The van der Waals surface area contributed by atoms with Crippen LogP contribution in [-0.2, 0) is 16.1 Å². The summed E-state index contributed by atoms with van der Waals surface area (Å²) >= 11 is 0. The molecule has 0 spiro atoms. The molecular formula is C15H20N2O4. The van der Waals surface area contributed by atoms with Crippen LogP contribution in [0.1, 0.15) is 11.1 Å². The van der Waals surface area contributed by atoms with E-state index in [0.29, 0.717) is 12.3 Å². The summed E-state index contributed by atoms with van der Waals surface area (Å²) in [6.45, 7) is 0.764. The molecular weight excluding hydrogens is 272 g/mol. The Balaban J connectivity index is 2.95. The second-order valence-corrected chi connectivity index (χ2v) is 4.58. The van der Waals surface area contributed by atoms with Gasteiger partial charge in [0.05, 0.1) is 13.7 Å². The molecule has 21 heavy (non-hydrogen) atoms. The van der Waals surface area contributed by atoms with Crippen molar-refractivity contribution in [2.24, 2.45) is 0 Å². The first-order chi connectivity index (χ1) is 9.96. The Morgan fingerprint density at radius 2 is 2.14 bits per heavy atom. The van der Waals surface area contributed by atoms with Gasteiger partial charge in [-0.2, -0.15) is 0 Å². The third kappa shape index (κ3) is 5.66. The van der Waals surface area contributed by atoms with Crippen molar-refractivity contribution >= 4 is 18.0 Å². The average molecular weight is 292 g/mol. The van der Waals surface area contributed by atoms with Crippen LogP contribution in [0.3, 0.4) is 0 Å². The summed E-state index contributed by atoms with van der Waals surface area (Å²) in [5.41, 5.74) is 1.67. The van der Waals surface area contributed by atoms with Crippen molar-refractivity contribution in [2.75, 3.05) is 27.7 Å². The van der Waals surface area contributed by atoms with Gasteiger partial charge in [-0.25, -0.2) is 4.79 Å². The maximum atomic E-state index is 11.4. The van der Waals surface area contributed by atoms with Gasteiger partial charge < -0.3 is 15.2 Å². The van der Waals surface area contributed by atoms with Gasteiger partial charge in [0.1, 0.15) is 5.75 Å². The fraction of sp³-hybridized carbons (Fsp3) is 0.333. The number of nitrogens with zero attached hydrogens (tertiary/aromatic N) is 1. The molecule has 0 unspecified atom stereocenters. The van der Waals surface area contributed by atoms with E-state index in [0.717, 1.165) is 17.2 Å². The first-order valence-electron chi connectivity index (χ1n) is 6.43. The van der Waals surface area contributed by atoms with E-state index in [9.17, 15) is 9.59 Å². The molecule has 0 aliphatic rings. The van der Waals surface area contributed by atoms with Gasteiger partial charge in [-0.05, 0) is 36.4 Å². The van der Waals surface area contributed by atoms with Gasteiger partial charge in [-0.3, -0.25) is 9.69 Å². The van der Waals surface area contributed by atoms with E-state index in [1.807, 2.05) is 18.0 Å². The Labute approximate surface area is 124 Å². The summed E-state index contributed by atoms with van der Waals surface area (Å²) in [7, 11) is 4.97. The monoisotopic (exact) mass is 292 g/mol. The average Bonchev–Trinajstić information content (AvgIpc) is 2.45. The predicted octanol–water partition coefficient (Wildman–Crippen LogP) is 0.971. The van der Waals surface area contributed by atoms with Crippen LogP contribution >= 0.6 is 0 Å². The highest BCUT2D eigenvalue weighted by Gasteiger charge is 2.09. The van der Waals surface area contributed by atoms with Gasteiger partial charge in [0.25, 0.3) is 0 Å². The summed E-state index contributed by atoms with van der Waals surface area (Å²) in [4.78, 5) is 23.8. The van der Waals surface area contributed by atoms with Crippen LogP contribution in [0.15, 0.2) is 24.3 Å². The molecule has 6 heteroatoms. The number of carboxylic acids is 1. The summed E-state index contributed by atoms with van der Waals surface area (Å²) in [6.07, 6.45) is 2.62. The molecule has 6 nitrogen and oxygen atoms in total. The molecule has 1 amide bonds. The van der Waals surface area contributed by atoms with Crippen molar-refractivity contribution in [2.45, 2.75) is 6.54 Å². The highest BCUT2D eigenvalue weighted by molar-refractivity contribution is 5.85. The summed E-state index contributed by atoms with van der Waals surface area (Å²) < 4.78 is 5.18. The van der Waals surface area contributed by atoms with Crippen LogP contribution in [-0.4, -0.2) is 49.6 Å². The fourth-order valence-electron chi connectivity index (χ4n) is 1.84. The number of hydrogen-bond acceptors (Lipinski definition) is 4. The summed E-state index contributed by atoms with van der Waals surface area (Å²) in [6, 6.07) is 5.40. The zero-order valence-electron chi connectivity index (χ0n) is 12.4. The minimum atomic E-state index is -1.00. The first-order valence-corrected chi connectivity index (χ1v) is 6.43. The lowest BCUT2D eigenvalue weighted by molar-refractivity contribution is -0.131. The molecule has 0 heterocycles. The van der Waals surface area contributed by atoms with Gasteiger partial charge in [0.2, 0.25) is 5.91 Å². The molecule has 114 valence electrons. The van der Waals surface area contributed by atoms with E-state index in [-0.39, 0.29) is 12.5 Å². The zero-order valence-corrected chi connectivity index (χ0v) is 12.4. The molecule has 0 aliphatic carbocycles. The largest absolute Gasteiger partial charge is 0.497 e. The standard InChI is InChI=1S/C15H20N2O4/c1-16-14(18)10-17(2)9-12-8-13(21-3)6-4-11(12)5-7-15(19)20/h4-8H,9-10H2,1-3H3,(H,16,18)(H,19,20). The third-order valence-corrected chi connectivity index (χ3v) is 2.89. The van der Waals surface area contributed by atoms with Crippen LogP contribution in [0, 0.1) is 0 Å². The number of rotatable bonds is 7. The second-order valence-electron chi connectivity index (χ2n) is 4.58. The van der Waals surface area contributed by atoms with E-state index in [2.05, 4.69) is 5.32 Å². The highest BCUT2D eigenvalue weighted by Crippen LogP contribution is 2.20. The lowest BCUT2D eigenvalue weighted by atomic mass is 10.1. The van der Waals surface area contributed by atoms with Crippen molar-refractivity contribution in [3.63, 3.8) is 0 Å². The van der Waals surface area contributed by atoms with Gasteiger partial charge in [0.15, 0.2) is 0 Å². The molecule has 1 aromatic rings. The molecule has 0 atom stereocenters. The minimum absolute atomic E-state index is 0.0805. The topological polar surface area (TPSA) is 78.9 Å². The number of carbonyl (C=O) groups excluding carboxylic acids is 1. The predicted molar refractivity (Wildman–Crippen MR) is 80.1 cm³/mol. The summed E-state index contributed by atoms with van der Waals surface area (Å²) in [5, 5.41) is 11.3. The second kappa shape index (κ2) is 8.06. The van der Waals surface area contributed by atoms with Crippen molar-refractivity contribution in [3.05, 3.63) is 35.4 Å². The molecule has 2 N–H and O–H groups in total. The van der Waals surface area contributed by atoms with Crippen LogP contribution in [0.5, 0.6) is 5.75 Å². The molecule has 0 aliphatic heterocycles. The number of benzene rings is 1. The van der Waals surface area contributed by atoms with Crippen molar-refractivity contribution in [1.82, 2.24) is 10.2 Å². The first kappa shape index (κ1) is 16.7. The third-order valence-electron chi connectivity index (χ3n) is 2.89. The molecule has 0 saturated heterocycles. The molecule has 0 aromatic heterocycles. The molecule has 0 bridgehead atoms. The van der Waals surface area contributed by atoms with E-state index < -0.39 is 5.97 Å². The zero-order chi connectivity index (χ0) is 15.8. The lowest BCUT2D eigenvalue weighted by Gasteiger charge is -2.17. The van der Waals surface area contributed by atoms with Gasteiger partial charge in [-0.1, -0.05) is 6.07 Å². The number of carboxylic acid groups (broad SMARTS) is 1. The van der Waals surface area contributed by atoms with E-state index in [4.69, 9.17) is 9.84 Å². The van der Waals surface area contributed by atoms with E-state index >= 15 is 0 Å². The Bertz CT molecular complexity index is 540. The van der Waals surface area contributed by atoms with E-state index in [1.54, 1.807) is 26.3 Å². The number of methoxy groups -OCH3 is 1. The number of nitrogens with one attached hydrogen (secondary N) is 1. The number of amides is 1. The molecule has 0 radical (unpaired) electrons. The Morgan fingerprint density at radius 3 is 2.71 bits per heavy atom. The molecule has 1 aromatic carbocycles. The van der Waals surface area contributed by atoms with Crippen LogP contribution < -0.4 is 10.1 Å². The number of aliphatic carboxylic acids is 1. The normalized spacial score (nSPS) is 10.9. The minimum Gasteiger partial charge on any atom is -0.497 e. The molecule has 0 fully saturated rings. The van der Waals surface area contributed by atoms with Crippen LogP contribution in [0.4, 0.5) is 0 Å². The Kier molecular flexibility index (Phi) is 6.42. The molecule has 1 rings (SSSR count). The van der Waals surface area contributed by atoms with Crippen LogP contribution in [0.2, 0.25) is 0 Å². The number of likely N-dealkylation sites (N-methyl/N-ethyl adjacent to an activating group) is 2. The summed E-state index contributed by atoms with van der Waals surface area (Å²) in [5.74, 6) is -0.399. The van der Waals surface area contributed by atoms with E-state index in [1.165, 1.54) is 6.08 Å². The number of hydrogen-bond donors (Lipinski definition) is 2. The number of ether oxygens (including phenoxy) is 1. The maximum absolute atomic E-state index is 11.4. The van der Waals surface area contributed by atoms with Crippen molar-refractivity contribution in [3.8, 4) is 5.75 Å². The highest BCUT2D eigenvalue weighted by atomic mass is 16.5. The van der Waals surface area contributed by atoms with Crippen molar-refractivity contribution in [1.29, 1.82) is 0 Å². The molecule has 0 saturated carbocycles.